The molecule has 1 saturated heterocycles. The zero-order valence-electron chi connectivity index (χ0n) is 15.4. The number of carbonyl (C=O) groups excluding carboxylic acids is 1. The fraction of sp³-hybridized carbons (Fsp3) is 0.250. The van der Waals surface area contributed by atoms with Crippen molar-refractivity contribution in [1.82, 2.24) is 10.1 Å². The largest absolute Gasteiger partial charge is 0.493 e. The topological polar surface area (TPSA) is 77.7 Å². The molecule has 28 heavy (non-hydrogen) atoms. The average Bonchev–Trinajstić information content (AvgIpc) is 3.34. The van der Waals surface area contributed by atoms with Gasteiger partial charge in [-0.15, -0.1) is 0 Å². The molecule has 0 bridgehead atoms. The predicted octanol–water partition coefficient (Wildman–Crippen LogP) is 3.93. The quantitative estimate of drug-likeness (QED) is 0.647. The van der Waals surface area contributed by atoms with Gasteiger partial charge in [0.1, 0.15) is 0 Å². The molecule has 7 nitrogen and oxygen atoms in total. The van der Waals surface area contributed by atoms with Gasteiger partial charge in [0.2, 0.25) is 17.6 Å². The van der Waals surface area contributed by atoms with Crippen LogP contribution in [-0.4, -0.2) is 36.8 Å². The van der Waals surface area contributed by atoms with Gasteiger partial charge >= 0.3 is 0 Å². The first kappa shape index (κ1) is 18.3. The van der Waals surface area contributed by atoms with Crippen molar-refractivity contribution in [3.05, 3.63) is 53.4 Å². The number of rotatable bonds is 5. The number of ether oxygens (including phenoxy) is 2. The number of carbonyl (C=O) groups is 1. The van der Waals surface area contributed by atoms with Crippen LogP contribution in [0.15, 0.2) is 47.0 Å². The first-order chi connectivity index (χ1) is 13.6. The second kappa shape index (κ2) is 7.52. The van der Waals surface area contributed by atoms with Crippen molar-refractivity contribution in [2.45, 2.75) is 12.3 Å². The highest BCUT2D eigenvalue weighted by molar-refractivity contribution is 6.30. The van der Waals surface area contributed by atoms with Crippen molar-refractivity contribution in [3.8, 4) is 22.9 Å². The normalized spacial score (nSPS) is 16.5. The molecule has 1 fully saturated rings. The molecule has 1 aromatic heterocycles. The maximum Gasteiger partial charge on any atom is 0.232 e. The first-order valence-corrected chi connectivity index (χ1v) is 9.08. The number of methoxy groups -OCH3 is 2. The molecule has 1 unspecified atom stereocenters. The zero-order valence-corrected chi connectivity index (χ0v) is 16.1. The van der Waals surface area contributed by atoms with Crippen molar-refractivity contribution in [1.29, 1.82) is 0 Å². The minimum absolute atomic E-state index is 0.0141. The van der Waals surface area contributed by atoms with Crippen molar-refractivity contribution >= 4 is 23.2 Å². The third-order valence-electron chi connectivity index (χ3n) is 4.68. The Labute approximate surface area is 166 Å². The van der Waals surface area contributed by atoms with Crippen molar-refractivity contribution in [2.24, 2.45) is 0 Å². The third kappa shape index (κ3) is 3.41. The molecule has 8 heteroatoms. The molecule has 3 aromatic rings. The van der Waals surface area contributed by atoms with Crippen LogP contribution in [0.5, 0.6) is 11.5 Å². The van der Waals surface area contributed by atoms with Crippen LogP contribution in [0, 0.1) is 0 Å². The van der Waals surface area contributed by atoms with E-state index in [1.807, 2.05) is 18.2 Å². The summed E-state index contributed by atoms with van der Waals surface area (Å²) in [6.45, 7) is 0.450. The van der Waals surface area contributed by atoms with Gasteiger partial charge in [-0.3, -0.25) is 4.79 Å². The second-order valence-corrected chi connectivity index (χ2v) is 6.85. The molecule has 1 atom stereocenters. The second-order valence-electron chi connectivity index (χ2n) is 6.41. The van der Waals surface area contributed by atoms with Crippen LogP contribution in [0.1, 0.15) is 18.2 Å². The van der Waals surface area contributed by atoms with E-state index in [4.69, 9.17) is 25.6 Å². The monoisotopic (exact) mass is 399 g/mol. The minimum Gasteiger partial charge on any atom is -0.493 e. The van der Waals surface area contributed by atoms with E-state index in [2.05, 4.69) is 10.1 Å². The lowest BCUT2D eigenvalue weighted by Gasteiger charge is -2.18. The molecular weight excluding hydrogens is 382 g/mol. The maximum atomic E-state index is 12.6. The molecule has 1 aliphatic heterocycles. The van der Waals surface area contributed by atoms with Gasteiger partial charge in [-0.1, -0.05) is 28.9 Å². The summed E-state index contributed by atoms with van der Waals surface area (Å²) in [4.78, 5) is 18.7. The SMILES string of the molecule is COc1ccc(N2CC(c3nc(-c4cccc(Cl)c4)no3)CC2=O)cc1OC. The predicted molar refractivity (Wildman–Crippen MR) is 104 cm³/mol. The van der Waals surface area contributed by atoms with Gasteiger partial charge in [0.25, 0.3) is 0 Å². The number of amides is 1. The fourth-order valence-electron chi connectivity index (χ4n) is 3.26. The molecule has 0 radical (unpaired) electrons. The fourth-order valence-corrected chi connectivity index (χ4v) is 3.45. The van der Waals surface area contributed by atoms with E-state index in [1.165, 1.54) is 0 Å². The van der Waals surface area contributed by atoms with Gasteiger partial charge in [0.15, 0.2) is 11.5 Å². The van der Waals surface area contributed by atoms with Crippen molar-refractivity contribution in [2.75, 3.05) is 25.7 Å². The van der Waals surface area contributed by atoms with Gasteiger partial charge in [-0.25, -0.2) is 0 Å². The number of halogens is 1. The van der Waals surface area contributed by atoms with E-state index >= 15 is 0 Å². The zero-order chi connectivity index (χ0) is 19.7. The number of benzene rings is 2. The highest BCUT2D eigenvalue weighted by Gasteiger charge is 2.35. The van der Waals surface area contributed by atoms with Crippen molar-refractivity contribution in [3.63, 3.8) is 0 Å². The number of anilines is 1. The smallest absolute Gasteiger partial charge is 0.232 e. The van der Waals surface area contributed by atoms with E-state index in [0.717, 1.165) is 11.3 Å². The molecule has 4 rings (SSSR count). The van der Waals surface area contributed by atoms with Crippen LogP contribution in [0.4, 0.5) is 5.69 Å². The third-order valence-corrected chi connectivity index (χ3v) is 4.91. The minimum atomic E-state index is -0.180. The van der Waals surface area contributed by atoms with Gasteiger partial charge in [0, 0.05) is 35.3 Å². The van der Waals surface area contributed by atoms with Gasteiger partial charge in [-0.05, 0) is 24.3 Å². The van der Waals surface area contributed by atoms with Gasteiger partial charge in [-0.2, -0.15) is 4.98 Å². The van der Waals surface area contributed by atoms with Crippen LogP contribution < -0.4 is 14.4 Å². The molecule has 0 spiro atoms. The summed E-state index contributed by atoms with van der Waals surface area (Å²) in [6.07, 6.45) is 0.297. The average molecular weight is 400 g/mol. The van der Waals surface area contributed by atoms with E-state index < -0.39 is 0 Å². The van der Waals surface area contributed by atoms with Crippen LogP contribution in [0.25, 0.3) is 11.4 Å². The summed E-state index contributed by atoms with van der Waals surface area (Å²) < 4.78 is 16.0. The van der Waals surface area contributed by atoms with Crippen LogP contribution in [0.2, 0.25) is 5.02 Å². The molecule has 1 aliphatic rings. The van der Waals surface area contributed by atoms with Gasteiger partial charge in [0.05, 0.1) is 20.1 Å². The Morgan fingerprint density at radius 1 is 1.14 bits per heavy atom. The number of aromatic nitrogens is 2. The first-order valence-electron chi connectivity index (χ1n) is 8.71. The molecule has 0 N–H and O–H groups in total. The molecule has 2 aromatic carbocycles. The molecule has 144 valence electrons. The number of hydrogen-bond donors (Lipinski definition) is 0. The lowest BCUT2D eigenvalue weighted by molar-refractivity contribution is -0.117. The van der Waals surface area contributed by atoms with E-state index in [9.17, 15) is 4.79 Å². The Hall–Kier alpha value is -3.06. The van der Waals surface area contributed by atoms with E-state index in [1.54, 1.807) is 43.4 Å². The summed E-state index contributed by atoms with van der Waals surface area (Å²) >= 11 is 6.02. The molecule has 0 aliphatic carbocycles. The Balaban J connectivity index is 1.56. The van der Waals surface area contributed by atoms with Gasteiger partial charge < -0.3 is 18.9 Å². The molecule has 0 saturated carbocycles. The maximum absolute atomic E-state index is 12.6. The molecular formula is C20H18ClN3O4. The summed E-state index contributed by atoms with van der Waals surface area (Å²) in [6, 6.07) is 12.6. The van der Waals surface area contributed by atoms with E-state index in [-0.39, 0.29) is 11.8 Å². The van der Waals surface area contributed by atoms with Crippen LogP contribution in [-0.2, 0) is 4.79 Å². The lowest BCUT2D eigenvalue weighted by atomic mass is 10.1. The van der Waals surface area contributed by atoms with Crippen LogP contribution >= 0.6 is 11.6 Å². The Morgan fingerprint density at radius 2 is 1.96 bits per heavy atom. The number of nitrogens with zero attached hydrogens (tertiary/aromatic N) is 3. The van der Waals surface area contributed by atoms with Crippen molar-refractivity contribution < 1.29 is 18.8 Å². The highest BCUT2D eigenvalue weighted by atomic mass is 35.5. The number of hydrogen-bond acceptors (Lipinski definition) is 6. The Morgan fingerprint density at radius 3 is 2.71 bits per heavy atom. The summed E-state index contributed by atoms with van der Waals surface area (Å²) in [5.74, 6) is 1.87. The lowest BCUT2D eigenvalue weighted by Crippen LogP contribution is -2.24. The molecule has 1 amide bonds. The molecule has 2 heterocycles. The van der Waals surface area contributed by atoms with E-state index in [0.29, 0.717) is 41.2 Å². The summed E-state index contributed by atoms with van der Waals surface area (Å²) in [7, 11) is 3.13. The summed E-state index contributed by atoms with van der Waals surface area (Å²) in [5, 5.41) is 4.63. The standard InChI is InChI=1S/C20H18ClN3O4/c1-26-16-7-6-15(10-17(16)27-2)24-11-13(9-18(24)25)20-22-19(23-28-20)12-4-3-5-14(21)8-12/h3-8,10,13H,9,11H2,1-2H3. The highest BCUT2D eigenvalue weighted by Crippen LogP contribution is 2.36. The summed E-state index contributed by atoms with van der Waals surface area (Å²) in [5.41, 5.74) is 1.50. The van der Waals surface area contributed by atoms with Crippen LogP contribution in [0.3, 0.4) is 0 Å². The Bertz CT molecular complexity index is 1020. The Kier molecular flexibility index (Phi) is 4.92.